The zero-order valence-electron chi connectivity index (χ0n) is 22.0. The van der Waals surface area contributed by atoms with Crippen LogP contribution in [0.5, 0.6) is 11.5 Å². The predicted molar refractivity (Wildman–Crippen MR) is 137 cm³/mol. The minimum atomic E-state index is -4.80. The van der Waals surface area contributed by atoms with E-state index in [2.05, 4.69) is 4.74 Å². The van der Waals surface area contributed by atoms with Gasteiger partial charge in [0, 0.05) is 36.1 Å². The molecule has 0 unspecified atom stereocenters. The van der Waals surface area contributed by atoms with Crippen LogP contribution in [-0.2, 0) is 22.5 Å². The number of hydrogen-bond donors (Lipinski definition) is 0. The number of methoxy groups -OCH3 is 1. The smallest absolute Gasteiger partial charge is 0.484 e. The first-order valence-corrected chi connectivity index (χ1v) is 13.7. The fourth-order valence-corrected chi connectivity index (χ4v) is 6.33. The van der Waals surface area contributed by atoms with E-state index in [0.717, 1.165) is 24.8 Å². The number of carbonyl (C=O) groups is 1. The van der Waals surface area contributed by atoms with Crippen LogP contribution in [0.15, 0.2) is 30.3 Å². The maximum Gasteiger partial charge on any atom is 0.573 e. The molecule has 2 atom stereocenters. The van der Waals surface area contributed by atoms with Crippen LogP contribution < -0.4 is 9.47 Å². The third kappa shape index (κ3) is 6.14. The van der Waals surface area contributed by atoms with Crippen molar-refractivity contribution in [3.05, 3.63) is 57.9 Å². The third-order valence-corrected chi connectivity index (χ3v) is 8.62. The number of hydrogen-bond acceptors (Lipinski definition) is 5. The maximum absolute atomic E-state index is 16.0. The largest absolute Gasteiger partial charge is 0.573 e. The number of nitrogens with zero attached hydrogens (tertiary/aromatic N) is 1. The first-order valence-electron chi connectivity index (χ1n) is 13.3. The van der Waals surface area contributed by atoms with Gasteiger partial charge in [-0.15, -0.1) is 13.2 Å². The Labute approximate surface area is 230 Å². The Morgan fingerprint density at radius 2 is 1.90 bits per heavy atom. The highest BCUT2D eigenvalue weighted by Gasteiger charge is 2.44. The predicted octanol–water partition coefficient (Wildman–Crippen LogP) is 7.04. The van der Waals surface area contributed by atoms with E-state index in [1.807, 2.05) is 11.0 Å². The standard InChI is InChI=1S/C29H32ClF4NO4/c1-17(27(36)37-2)24(18-3-4-18)22-7-5-19-9-10-28(39-26(19)25(22)31)11-13-35(14-12-28)16-20-15-21(30)6-8-23(20)38-29(32,33)34/h5-8,15,17-18,24H,3-4,9-14,16H2,1-2H3/t17-,24-/m0/s1. The number of fused-ring (bicyclic) bond motifs is 1. The molecule has 2 aliphatic heterocycles. The molecule has 39 heavy (non-hydrogen) atoms. The van der Waals surface area contributed by atoms with E-state index in [9.17, 15) is 18.0 Å². The molecule has 0 N–H and O–H groups in total. The minimum absolute atomic E-state index is 0.241. The Kier molecular flexibility index (Phi) is 7.76. The number of likely N-dealkylation sites (tertiary alicyclic amines) is 1. The van der Waals surface area contributed by atoms with Gasteiger partial charge in [-0.3, -0.25) is 9.69 Å². The molecule has 10 heteroatoms. The summed E-state index contributed by atoms with van der Waals surface area (Å²) in [6, 6.07) is 7.80. The van der Waals surface area contributed by atoms with E-state index >= 15 is 4.39 Å². The van der Waals surface area contributed by atoms with Gasteiger partial charge in [-0.1, -0.05) is 30.7 Å². The van der Waals surface area contributed by atoms with Crippen molar-refractivity contribution >= 4 is 17.6 Å². The Morgan fingerprint density at radius 1 is 1.18 bits per heavy atom. The van der Waals surface area contributed by atoms with Gasteiger partial charge >= 0.3 is 12.3 Å². The van der Waals surface area contributed by atoms with Crippen LogP contribution in [-0.4, -0.2) is 43.0 Å². The molecule has 0 aromatic heterocycles. The molecule has 0 radical (unpaired) electrons. The molecule has 2 heterocycles. The normalized spacial score (nSPS) is 20.6. The van der Waals surface area contributed by atoms with Crippen molar-refractivity contribution in [2.75, 3.05) is 20.2 Å². The Balaban J connectivity index is 1.30. The van der Waals surface area contributed by atoms with Gasteiger partial charge in [0.15, 0.2) is 11.6 Å². The first kappa shape index (κ1) is 28.0. The highest BCUT2D eigenvalue weighted by atomic mass is 35.5. The fraction of sp³-hybridized carbons (Fsp3) is 0.552. The Bertz CT molecular complexity index is 1220. The molecule has 0 amide bonds. The molecule has 3 aliphatic rings. The number of benzene rings is 2. The van der Waals surface area contributed by atoms with Crippen molar-refractivity contribution in [3.63, 3.8) is 0 Å². The van der Waals surface area contributed by atoms with Gasteiger partial charge < -0.3 is 14.2 Å². The van der Waals surface area contributed by atoms with E-state index in [-0.39, 0.29) is 35.8 Å². The number of alkyl halides is 3. The van der Waals surface area contributed by atoms with Crippen molar-refractivity contribution in [2.45, 2.75) is 69.9 Å². The molecule has 5 rings (SSSR count). The molecule has 0 bridgehead atoms. The van der Waals surface area contributed by atoms with Crippen molar-refractivity contribution < 1.29 is 36.6 Å². The lowest BCUT2D eigenvalue weighted by Gasteiger charge is -2.45. The molecule has 2 fully saturated rings. The van der Waals surface area contributed by atoms with Crippen LogP contribution in [0, 0.1) is 17.7 Å². The van der Waals surface area contributed by atoms with Crippen LogP contribution in [0.4, 0.5) is 17.6 Å². The summed E-state index contributed by atoms with van der Waals surface area (Å²) in [7, 11) is 1.35. The van der Waals surface area contributed by atoms with Gasteiger partial charge in [-0.05, 0) is 73.8 Å². The summed E-state index contributed by atoms with van der Waals surface area (Å²) in [5.74, 6) is -1.23. The summed E-state index contributed by atoms with van der Waals surface area (Å²) >= 11 is 6.05. The fourth-order valence-electron chi connectivity index (χ4n) is 6.13. The summed E-state index contributed by atoms with van der Waals surface area (Å²) < 4.78 is 70.3. The first-order chi connectivity index (χ1) is 18.5. The van der Waals surface area contributed by atoms with Crippen LogP contribution in [0.2, 0.25) is 5.02 Å². The van der Waals surface area contributed by atoms with E-state index in [4.69, 9.17) is 21.1 Å². The number of carbonyl (C=O) groups excluding carboxylic acids is 1. The van der Waals surface area contributed by atoms with E-state index in [1.165, 1.54) is 25.3 Å². The van der Waals surface area contributed by atoms with Crippen molar-refractivity contribution in [1.29, 1.82) is 0 Å². The van der Waals surface area contributed by atoms with Gasteiger partial charge in [0.05, 0.1) is 13.0 Å². The van der Waals surface area contributed by atoms with Crippen LogP contribution in [0.25, 0.3) is 0 Å². The molecule has 212 valence electrons. The van der Waals surface area contributed by atoms with Crippen molar-refractivity contribution in [2.24, 2.45) is 11.8 Å². The Morgan fingerprint density at radius 3 is 2.54 bits per heavy atom. The minimum Gasteiger partial charge on any atom is -0.484 e. The van der Waals surface area contributed by atoms with Crippen molar-refractivity contribution in [1.82, 2.24) is 4.90 Å². The van der Waals surface area contributed by atoms with Gasteiger partial charge in [0.1, 0.15) is 11.4 Å². The zero-order valence-corrected chi connectivity index (χ0v) is 22.7. The molecule has 1 saturated carbocycles. The second-order valence-electron chi connectivity index (χ2n) is 11.0. The van der Waals surface area contributed by atoms with Crippen molar-refractivity contribution in [3.8, 4) is 11.5 Å². The number of ether oxygens (including phenoxy) is 3. The quantitative estimate of drug-likeness (QED) is 0.264. The third-order valence-electron chi connectivity index (χ3n) is 8.39. The van der Waals surface area contributed by atoms with Crippen LogP contribution in [0.3, 0.4) is 0 Å². The van der Waals surface area contributed by atoms with E-state index in [0.29, 0.717) is 48.5 Å². The summed E-state index contributed by atoms with van der Waals surface area (Å²) in [5.41, 5.74) is 1.12. The number of rotatable bonds is 7. The van der Waals surface area contributed by atoms with Gasteiger partial charge in [0.2, 0.25) is 0 Å². The average Bonchev–Trinajstić information content (AvgIpc) is 3.73. The lowest BCUT2D eigenvalue weighted by molar-refractivity contribution is -0.275. The van der Waals surface area contributed by atoms with Crippen LogP contribution in [0.1, 0.15) is 61.6 Å². The van der Waals surface area contributed by atoms with E-state index < -0.39 is 23.7 Å². The molecule has 1 spiro atoms. The molecule has 1 aliphatic carbocycles. The number of halogens is 5. The van der Waals surface area contributed by atoms with Gasteiger partial charge in [0.25, 0.3) is 0 Å². The summed E-state index contributed by atoms with van der Waals surface area (Å²) in [6.07, 6.45) is -0.277. The highest BCUT2D eigenvalue weighted by molar-refractivity contribution is 6.30. The number of aryl methyl sites for hydroxylation is 1. The molecular formula is C29H32ClF4NO4. The summed E-state index contributed by atoms with van der Waals surface area (Å²) in [5, 5.41) is 0.331. The lowest BCUT2D eigenvalue weighted by Crippen LogP contribution is -2.49. The summed E-state index contributed by atoms with van der Waals surface area (Å²) in [4.78, 5) is 14.4. The number of piperidine rings is 1. The molecule has 2 aromatic rings. The Hall–Kier alpha value is -2.52. The summed E-state index contributed by atoms with van der Waals surface area (Å²) in [6.45, 7) is 3.17. The molecular weight excluding hydrogens is 538 g/mol. The average molecular weight is 570 g/mol. The van der Waals surface area contributed by atoms with Gasteiger partial charge in [-0.2, -0.15) is 0 Å². The van der Waals surface area contributed by atoms with Crippen LogP contribution >= 0.6 is 11.6 Å². The second kappa shape index (κ2) is 10.8. The lowest BCUT2D eigenvalue weighted by atomic mass is 9.80. The molecule has 1 saturated heterocycles. The van der Waals surface area contributed by atoms with E-state index in [1.54, 1.807) is 13.0 Å². The van der Waals surface area contributed by atoms with Gasteiger partial charge in [-0.25, -0.2) is 4.39 Å². The highest BCUT2D eigenvalue weighted by Crippen LogP contribution is 2.50. The SMILES string of the molecule is COC(=O)[C@@H](C)[C@H](c1ccc2c(c1F)OC1(CC2)CCN(Cc2cc(Cl)ccc2OC(F)(F)F)CC1)C1CC1. The molecule has 2 aromatic carbocycles. The topological polar surface area (TPSA) is 48.0 Å². The maximum atomic E-state index is 16.0. The number of esters is 1. The zero-order chi connectivity index (χ0) is 27.9. The monoisotopic (exact) mass is 569 g/mol. The second-order valence-corrected chi connectivity index (χ2v) is 11.4. The molecule has 5 nitrogen and oxygen atoms in total.